The first-order valence-corrected chi connectivity index (χ1v) is 11.3. The molecule has 2 bridgehead atoms. The molecule has 1 spiro atoms. The minimum absolute atomic E-state index is 0.229. The minimum Gasteiger partial charge on any atom is -0.369 e. The SMILES string of the molecule is CCC(=O)N1CCC2(CC1)OCCc1cc(C(=O)N3C[C@H]4CC[C@H]3C4)sc12. The molecule has 27 heavy (non-hydrogen) atoms. The Labute approximate surface area is 164 Å². The van der Waals surface area contributed by atoms with Crippen LogP contribution >= 0.6 is 11.3 Å². The number of hydrogen-bond donors (Lipinski definition) is 0. The van der Waals surface area contributed by atoms with E-state index < -0.39 is 0 Å². The fraction of sp³-hybridized carbons (Fsp3) is 0.714. The van der Waals surface area contributed by atoms with Gasteiger partial charge in [0.05, 0.1) is 11.5 Å². The summed E-state index contributed by atoms with van der Waals surface area (Å²) in [4.78, 5) is 31.4. The summed E-state index contributed by atoms with van der Waals surface area (Å²) >= 11 is 1.66. The first-order valence-electron chi connectivity index (χ1n) is 10.5. The number of likely N-dealkylation sites (tertiary alicyclic amines) is 2. The summed E-state index contributed by atoms with van der Waals surface area (Å²) in [5.41, 5.74) is 1.01. The number of carbonyl (C=O) groups is 2. The predicted octanol–water partition coefficient (Wildman–Crippen LogP) is 3.17. The molecule has 2 amide bonds. The van der Waals surface area contributed by atoms with Crippen molar-refractivity contribution in [1.29, 1.82) is 0 Å². The highest BCUT2D eigenvalue weighted by atomic mass is 32.1. The van der Waals surface area contributed by atoms with E-state index in [-0.39, 0.29) is 17.4 Å². The Morgan fingerprint density at radius 2 is 2.11 bits per heavy atom. The molecule has 5 rings (SSSR count). The molecule has 6 heteroatoms. The number of rotatable bonds is 2. The van der Waals surface area contributed by atoms with Gasteiger partial charge in [-0.1, -0.05) is 6.92 Å². The van der Waals surface area contributed by atoms with E-state index in [2.05, 4.69) is 11.0 Å². The van der Waals surface area contributed by atoms with Gasteiger partial charge in [-0.2, -0.15) is 0 Å². The monoisotopic (exact) mass is 388 g/mol. The smallest absolute Gasteiger partial charge is 0.264 e. The first-order chi connectivity index (χ1) is 13.1. The minimum atomic E-state index is -0.286. The molecule has 1 saturated carbocycles. The van der Waals surface area contributed by atoms with E-state index in [1.807, 2.05) is 11.8 Å². The average Bonchev–Trinajstić information content (AvgIpc) is 3.43. The summed E-state index contributed by atoms with van der Waals surface area (Å²) < 4.78 is 6.31. The molecule has 5 nitrogen and oxygen atoms in total. The largest absolute Gasteiger partial charge is 0.369 e. The summed E-state index contributed by atoms with van der Waals surface area (Å²) in [6.07, 6.45) is 6.81. The Kier molecular flexibility index (Phi) is 4.32. The Balaban J connectivity index is 1.38. The van der Waals surface area contributed by atoms with E-state index in [0.29, 0.717) is 19.1 Å². The van der Waals surface area contributed by atoms with Crippen molar-refractivity contribution in [3.8, 4) is 0 Å². The highest BCUT2D eigenvalue weighted by molar-refractivity contribution is 7.14. The maximum atomic E-state index is 13.1. The third-order valence-electron chi connectivity index (χ3n) is 7.08. The number of nitrogens with zero attached hydrogens (tertiary/aromatic N) is 2. The van der Waals surface area contributed by atoms with Gasteiger partial charge in [0.2, 0.25) is 5.91 Å². The Morgan fingerprint density at radius 3 is 2.78 bits per heavy atom. The van der Waals surface area contributed by atoms with Crippen LogP contribution < -0.4 is 0 Å². The third-order valence-corrected chi connectivity index (χ3v) is 8.43. The summed E-state index contributed by atoms with van der Waals surface area (Å²) in [7, 11) is 0. The highest BCUT2D eigenvalue weighted by Crippen LogP contribution is 2.46. The third kappa shape index (κ3) is 2.83. The van der Waals surface area contributed by atoms with Crippen LogP contribution in [0.4, 0.5) is 0 Å². The maximum Gasteiger partial charge on any atom is 0.264 e. The van der Waals surface area contributed by atoms with Gasteiger partial charge in [0.25, 0.3) is 5.91 Å². The van der Waals surface area contributed by atoms with Crippen molar-refractivity contribution in [2.24, 2.45) is 5.92 Å². The van der Waals surface area contributed by atoms with Gasteiger partial charge in [0.1, 0.15) is 5.60 Å². The van der Waals surface area contributed by atoms with Gasteiger partial charge in [-0.05, 0) is 56.1 Å². The second-order valence-electron chi connectivity index (χ2n) is 8.58. The number of ether oxygens (including phenoxy) is 1. The van der Waals surface area contributed by atoms with Crippen molar-refractivity contribution < 1.29 is 14.3 Å². The lowest BCUT2D eigenvalue weighted by Gasteiger charge is -2.43. The molecule has 2 atom stereocenters. The van der Waals surface area contributed by atoms with Crippen molar-refractivity contribution in [2.45, 2.75) is 63.5 Å². The van der Waals surface area contributed by atoms with E-state index in [1.165, 1.54) is 29.7 Å². The van der Waals surface area contributed by atoms with Gasteiger partial charge in [0, 0.05) is 37.0 Å². The molecule has 1 aromatic rings. The Bertz CT molecular complexity index is 765. The van der Waals surface area contributed by atoms with Crippen LogP contribution in [0.2, 0.25) is 0 Å². The van der Waals surface area contributed by atoms with Gasteiger partial charge in [0.15, 0.2) is 0 Å². The highest BCUT2D eigenvalue weighted by Gasteiger charge is 2.45. The lowest BCUT2D eigenvalue weighted by atomic mass is 9.85. The molecule has 4 heterocycles. The quantitative estimate of drug-likeness (QED) is 0.782. The number of piperidine rings is 2. The number of hydrogen-bond acceptors (Lipinski definition) is 4. The molecule has 0 radical (unpaired) electrons. The van der Waals surface area contributed by atoms with Crippen molar-refractivity contribution >= 4 is 23.2 Å². The molecule has 4 aliphatic rings. The van der Waals surface area contributed by atoms with E-state index >= 15 is 0 Å². The summed E-state index contributed by atoms with van der Waals surface area (Å²) in [5, 5.41) is 0. The summed E-state index contributed by atoms with van der Waals surface area (Å²) in [6, 6.07) is 2.61. The van der Waals surface area contributed by atoms with E-state index in [4.69, 9.17) is 4.74 Å². The summed E-state index contributed by atoms with van der Waals surface area (Å²) in [6.45, 7) is 5.09. The van der Waals surface area contributed by atoms with Crippen molar-refractivity contribution in [3.05, 3.63) is 21.4 Å². The van der Waals surface area contributed by atoms with E-state index in [0.717, 1.165) is 49.7 Å². The van der Waals surface area contributed by atoms with Gasteiger partial charge in [-0.15, -0.1) is 11.3 Å². The zero-order valence-electron chi connectivity index (χ0n) is 16.0. The molecule has 0 aromatic carbocycles. The predicted molar refractivity (Wildman–Crippen MR) is 104 cm³/mol. The van der Waals surface area contributed by atoms with Crippen LogP contribution in [0.25, 0.3) is 0 Å². The van der Waals surface area contributed by atoms with Crippen LogP contribution in [-0.2, 0) is 21.6 Å². The molecule has 1 aliphatic carbocycles. The number of carbonyl (C=O) groups excluding carboxylic acids is 2. The molecule has 0 unspecified atom stereocenters. The fourth-order valence-electron chi connectivity index (χ4n) is 5.55. The number of fused-ring (bicyclic) bond motifs is 4. The molecular weight excluding hydrogens is 360 g/mol. The fourth-order valence-corrected chi connectivity index (χ4v) is 6.92. The Hall–Kier alpha value is -1.40. The van der Waals surface area contributed by atoms with Gasteiger partial charge < -0.3 is 14.5 Å². The van der Waals surface area contributed by atoms with Crippen LogP contribution in [0.15, 0.2) is 6.07 Å². The molecule has 1 aromatic heterocycles. The summed E-state index contributed by atoms with van der Waals surface area (Å²) in [5.74, 6) is 1.19. The average molecular weight is 389 g/mol. The molecule has 3 fully saturated rings. The first kappa shape index (κ1) is 17.7. The van der Waals surface area contributed by atoms with Gasteiger partial charge >= 0.3 is 0 Å². The van der Waals surface area contributed by atoms with Crippen LogP contribution in [0, 0.1) is 5.92 Å². The molecule has 2 saturated heterocycles. The van der Waals surface area contributed by atoms with Crippen molar-refractivity contribution in [1.82, 2.24) is 9.80 Å². The standard InChI is InChI=1S/C21H28N2O3S/c1-2-18(24)22-8-6-21(7-9-22)19-15(5-10-26-21)12-17(27-19)20(25)23-13-14-3-4-16(23)11-14/h12,14,16H,2-11,13H2,1H3/t14-,16-/m0/s1. The number of amides is 2. The second kappa shape index (κ2) is 6.59. The van der Waals surface area contributed by atoms with Crippen LogP contribution in [-0.4, -0.2) is 53.9 Å². The lowest BCUT2D eigenvalue weighted by Crippen LogP contribution is -2.47. The van der Waals surface area contributed by atoms with Crippen LogP contribution in [0.5, 0.6) is 0 Å². The number of thiophene rings is 1. The lowest BCUT2D eigenvalue weighted by molar-refractivity contribution is -0.139. The maximum absolute atomic E-state index is 13.1. The van der Waals surface area contributed by atoms with Crippen molar-refractivity contribution in [3.63, 3.8) is 0 Å². The Morgan fingerprint density at radius 1 is 1.30 bits per heavy atom. The van der Waals surface area contributed by atoms with Crippen LogP contribution in [0.3, 0.4) is 0 Å². The zero-order chi connectivity index (χ0) is 18.6. The molecular formula is C21H28N2O3S. The van der Waals surface area contributed by atoms with Gasteiger partial charge in [-0.25, -0.2) is 0 Å². The van der Waals surface area contributed by atoms with E-state index in [1.54, 1.807) is 11.3 Å². The van der Waals surface area contributed by atoms with Crippen LogP contribution in [0.1, 0.15) is 65.6 Å². The molecule has 3 aliphatic heterocycles. The zero-order valence-corrected chi connectivity index (χ0v) is 16.9. The van der Waals surface area contributed by atoms with E-state index in [9.17, 15) is 9.59 Å². The molecule has 146 valence electrons. The molecule has 0 N–H and O–H groups in total. The topological polar surface area (TPSA) is 49.9 Å². The second-order valence-corrected chi connectivity index (χ2v) is 9.63. The normalized spacial score (nSPS) is 28.6. The van der Waals surface area contributed by atoms with Crippen molar-refractivity contribution in [2.75, 3.05) is 26.2 Å². The van der Waals surface area contributed by atoms with Gasteiger partial charge in [-0.3, -0.25) is 9.59 Å².